The second kappa shape index (κ2) is 6.37. The Morgan fingerprint density at radius 2 is 1.52 bits per heavy atom. The minimum atomic E-state index is -0.318. The fraction of sp³-hybridized carbons (Fsp3) is 0.588. The lowest BCUT2D eigenvalue weighted by Crippen LogP contribution is -2.46. The van der Waals surface area contributed by atoms with Gasteiger partial charge in [0.15, 0.2) is 0 Å². The number of carbonyl (C=O) groups is 1. The van der Waals surface area contributed by atoms with Gasteiger partial charge in [-0.05, 0) is 37.8 Å². The molecule has 0 bridgehead atoms. The molecule has 1 rings (SSSR count). The van der Waals surface area contributed by atoms with Gasteiger partial charge in [-0.25, -0.2) is 0 Å². The van der Waals surface area contributed by atoms with Gasteiger partial charge >= 0.3 is 0 Å². The zero-order valence-electron chi connectivity index (χ0n) is 14.2. The predicted molar refractivity (Wildman–Crippen MR) is 85.2 cm³/mol. The average Bonchev–Trinajstić information content (AvgIpc) is 2.33. The van der Waals surface area contributed by atoms with Crippen LogP contribution in [0.3, 0.4) is 0 Å². The largest absolute Gasteiger partial charge is 0.496 e. The number of rotatable bonds is 5. The van der Waals surface area contributed by atoms with Gasteiger partial charge in [0.2, 0.25) is 0 Å². The molecule has 4 heteroatoms. The van der Waals surface area contributed by atoms with E-state index in [1.807, 2.05) is 13.8 Å². The van der Waals surface area contributed by atoms with Crippen LogP contribution in [0.2, 0.25) is 0 Å². The van der Waals surface area contributed by atoms with E-state index in [2.05, 4.69) is 26.1 Å². The van der Waals surface area contributed by atoms with E-state index in [0.717, 1.165) is 6.42 Å². The summed E-state index contributed by atoms with van der Waals surface area (Å²) in [6.07, 6.45) is 0.864. The quantitative estimate of drug-likeness (QED) is 0.901. The van der Waals surface area contributed by atoms with Crippen molar-refractivity contribution in [2.24, 2.45) is 5.41 Å². The second-order valence-electron chi connectivity index (χ2n) is 7.11. The van der Waals surface area contributed by atoms with Crippen LogP contribution in [-0.2, 0) is 0 Å². The standard InChI is InChI=1S/C17H27NO3/c1-16(2,3)11-17(4,5)18-15(19)14-12(20-6)9-8-10-13(14)21-7/h8-10H,11H2,1-7H3,(H,18,19). The van der Waals surface area contributed by atoms with Crippen molar-refractivity contribution in [1.82, 2.24) is 5.32 Å². The van der Waals surface area contributed by atoms with Gasteiger partial charge in [0.05, 0.1) is 14.2 Å². The molecule has 118 valence electrons. The molecule has 1 N–H and O–H groups in total. The summed E-state index contributed by atoms with van der Waals surface area (Å²) in [5.41, 5.74) is 0.243. The molecule has 0 aliphatic heterocycles. The molecule has 0 aliphatic rings. The molecule has 0 fully saturated rings. The van der Waals surface area contributed by atoms with Gasteiger partial charge in [0, 0.05) is 5.54 Å². The average molecular weight is 293 g/mol. The van der Waals surface area contributed by atoms with Crippen LogP contribution in [0, 0.1) is 5.41 Å². The Hall–Kier alpha value is -1.71. The van der Waals surface area contributed by atoms with Gasteiger partial charge in [0.1, 0.15) is 17.1 Å². The first-order valence-electron chi connectivity index (χ1n) is 7.13. The first-order chi connectivity index (χ1) is 9.59. The lowest BCUT2D eigenvalue weighted by molar-refractivity contribution is 0.0885. The molecule has 21 heavy (non-hydrogen) atoms. The van der Waals surface area contributed by atoms with Crippen molar-refractivity contribution in [3.8, 4) is 11.5 Å². The van der Waals surface area contributed by atoms with Gasteiger partial charge in [-0.1, -0.05) is 26.8 Å². The molecule has 0 unspecified atom stereocenters. The number of benzene rings is 1. The number of methoxy groups -OCH3 is 2. The third-order valence-corrected chi connectivity index (χ3v) is 3.08. The molecule has 0 saturated heterocycles. The zero-order valence-corrected chi connectivity index (χ0v) is 14.2. The van der Waals surface area contributed by atoms with Gasteiger partial charge in [-0.3, -0.25) is 4.79 Å². The Morgan fingerprint density at radius 3 is 1.90 bits per heavy atom. The number of carbonyl (C=O) groups excluding carboxylic acids is 1. The molecule has 1 aromatic carbocycles. The molecule has 1 aromatic rings. The summed E-state index contributed by atoms with van der Waals surface area (Å²) >= 11 is 0. The highest BCUT2D eigenvalue weighted by molar-refractivity contribution is 6.00. The lowest BCUT2D eigenvalue weighted by atomic mass is 9.81. The third kappa shape index (κ3) is 4.96. The summed E-state index contributed by atoms with van der Waals surface area (Å²) < 4.78 is 10.6. The zero-order chi connectivity index (χ0) is 16.3. The minimum Gasteiger partial charge on any atom is -0.496 e. The van der Waals surface area contributed by atoms with E-state index < -0.39 is 0 Å². The van der Waals surface area contributed by atoms with Crippen LogP contribution in [0.5, 0.6) is 11.5 Å². The number of hydrogen-bond acceptors (Lipinski definition) is 3. The van der Waals surface area contributed by atoms with Crippen molar-refractivity contribution >= 4 is 5.91 Å². The number of amides is 1. The fourth-order valence-electron chi connectivity index (χ4n) is 2.81. The molecular weight excluding hydrogens is 266 g/mol. The molecule has 0 heterocycles. The fourth-order valence-corrected chi connectivity index (χ4v) is 2.81. The Morgan fingerprint density at radius 1 is 1.05 bits per heavy atom. The number of nitrogens with one attached hydrogen (secondary N) is 1. The molecule has 0 spiro atoms. The van der Waals surface area contributed by atoms with E-state index >= 15 is 0 Å². The highest BCUT2D eigenvalue weighted by Crippen LogP contribution is 2.31. The lowest BCUT2D eigenvalue weighted by Gasteiger charge is -2.33. The van der Waals surface area contributed by atoms with E-state index in [4.69, 9.17) is 9.47 Å². The van der Waals surface area contributed by atoms with Gasteiger partial charge in [0.25, 0.3) is 5.91 Å². The molecule has 4 nitrogen and oxygen atoms in total. The minimum absolute atomic E-state index is 0.127. The Kier molecular flexibility index (Phi) is 5.26. The highest BCUT2D eigenvalue weighted by Gasteiger charge is 2.29. The molecule has 0 aliphatic carbocycles. The third-order valence-electron chi connectivity index (χ3n) is 3.08. The SMILES string of the molecule is COc1cccc(OC)c1C(=O)NC(C)(C)CC(C)(C)C. The monoisotopic (exact) mass is 293 g/mol. The highest BCUT2D eigenvalue weighted by atomic mass is 16.5. The smallest absolute Gasteiger partial charge is 0.259 e. The van der Waals surface area contributed by atoms with Crippen LogP contribution in [0.25, 0.3) is 0 Å². The molecule has 0 saturated carbocycles. The summed E-state index contributed by atoms with van der Waals surface area (Å²) in [5.74, 6) is 0.843. The Balaban J connectivity index is 3.04. The van der Waals surface area contributed by atoms with Gasteiger partial charge in [-0.15, -0.1) is 0 Å². The molecule has 1 amide bonds. The maximum atomic E-state index is 12.6. The Labute approximate surface area is 127 Å². The molecule has 0 radical (unpaired) electrons. The normalized spacial score (nSPS) is 12.0. The van der Waals surface area contributed by atoms with Crippen LogP contribution in [0.4, 0.5) is 0 Å². The summed E-state index contributed by atoms with van der Waals surface area (Å²) in [5, 5.41) is 3.08. The second-order valence-corrected chi connectivity index (χ2v) is 7.11. The van der Waals surface area contributed by atoms with E-state index in [1.54, 1.807) is 32.4 Å². The van der Waals surface area contributed by atoms with Crippen molar-refractivity contribution in [3.63, 3.8) is 0 Å². The summed E-state index contributed by atoms with van der Waals surface area (Å²) in [4.78, 5) is 12.6. The van der Waals surface area contributed by atoms with Gasteiger partial charge in [-0.2, -0.15) is 0 Å². The topological polar surface area (TPSA) is 47.6 Å². The van der Waals surface area contributed by atoms with Crippen LogP contribution in [0.15, 0.2) is 18.2 Å². The summed E-state index contributed by atoms with van der Waals surface area (Å²) in [7, 11) is 3.09. The number of ether oxygens (including phenoxy) is 2. The first-order valence-corrected chi connectivity index (χ1v) is 7.13. The maximum Gasteiger partial charge on any atom is 0.259 e. The molecule has 0 aromatic heterocycles. The molecular formula is C17H27NO3. The van der Waals surface area contributed by atoms with Gasteiger partial charge < -0.3 is 14.8 Å². The van der Waals surface area contributed by atoms with Crippen molar-refractivity contribution in [1.29, 1.82) is 0 Å². The Bertz CT molecular complexity index is 479. The number of hydrogen-bond donors (Lipinski definition) is 1. The van der Waals surface area contributed by atoms with Crippen molar-refractivity contribution in [3.05, 3.63) is 23.8 Å². The van der Waals surface area contributed by atoms with Crippen molar-refractivity contribution < 1.29 is 14.3 Å². The van der Waals surface area contributed by atoms with Crippen molar-refractivity contribution in [2.45, 2.75) is 46.6 Å². The molecule has 0 atom stereocenters. The van der Waals surface area contributed by atoms with Crippen molar-refractivity contribution in [2.75, 3.05) is 14.2 Å². The predicted octanol–water partition coefficient (Wildman–Crippen LogP) is 3.65. The first kappa shape index (κ1) is 17.3. The van der Waals surface area contributed by atoms with Crippen LogP contribution < -0.4 is 14.8 Å². The van der Waals surface area contributed by atoms with Crippen LogP contribution in [0.1, 0.15) is 51.4 Å². The van der Waals surface area contributed by atoms with E-state index in [9.17, 15) is 4.79 Å². The van der Waals surface area contributed by atoms with E-state index in [-0.39, 0.29) is 16.9 Å². The summed E-state index contributed by atoms with van der Waals surface area (Å²) in [6.45, 7) is 10.5. The van der Waals surface area contributed by atoms with Crippen LogP contribution in [-0.4, -0.2) is 25.7 Å². The van der Waals surface area contributed by atoms with E-state index in [1.165, 1.54) is 0 Å². The summed E-state index contributed by atoms with van der Waals surface area (Å²) in [6, 6.07) is 5.32. The van der Waals surface area contributed by atoms with E-state index in [0.29, 0.717) is 17.1 Å². The maximum absolute atomic E-state index is 12.6. The van der Waals surface area contributed by atoms with Crippen LogP contribution >= 0.6 is 0 Å².